The Morgan fingerprint density at radius 2 is 2.12 bits per heavy atom. The highest BCUT2D eigenvalue weighted by Crippen LogP contribution is 2.41. The first-order chi connectivity index (χ1) is 7.66. The quantitative estimate of drug-likeness (QED) is 0.782. The molecule has 1 amide bonds. The van der Waals surface area contributed by atoms with Gasteiger partial charge in [-0.1, -0.05) is 0 Å². The summed E-state index contributed by atoms with van der Waals surface area (Å²) in [7, 11) is 0. The smallest absolute Gasteiger partial charge is 0.237 e. The first-order valence-electron chi connectivity index (χ1n) is 6.40. The van der Waals surface area contributed by atoms with E-state index >= 15 is 0 Å². The van der Waals surface area contributed by atoms with Gasteiger partial charge in [0, 0.05) is 12.6 Å². The number of likely N-dealkylation sites (tertiary alicyclic amines) is 1. The van der Waals surface area contributed by atoms with Crippen LogP contribution >= 0.6 is 0 Å². The molecule has 0 radical (unpaired) electrons. The molecule has 2 saturated carbocycles. The zero-order chi connectivity index (χ0) is 11.2. The van der Waals surface area contributed by atoms with Crippen molar-refractivity contribution < 1.29 is 9.18 Å². The first kappa shape index (κ1) is 10.5. The predicted octanol–water partition coefficient (Wildman–Crippen LogP) is 1.23. The van der Waals surface area contributed by atoms with E-state index in [0.717, 1.165) is 32.2 Å². The van der Waals surface area contributed by atoms with Crippen molar-refractivity contribution in [2.75, 3.05) is 13.1 Å². The molecule has 1 unspecified atom stereocenters. The van der Waals surface area contributed by atoms with Crippen LogP contribution in [-0.4, -0.2) is 41.6 Å². The average Bonchev–Trinajstić information content (AvgIpc) is 3.12. The summed E-state index contributed by atoms with van der Waals surface area (Å²) in [6.45, 7) is 1.35. The van der Waals surface area contributed by atoms with Gasteiger partial charge >= 0.3 is 0 Å². The molecule has 1 N–H and O–H groups in total. The number of nitrogens with zero attached hydrogens (tertiary/aromatic N) is 1. The number of halogens is 1. The van der Waals surface area contributed by atoms with Gasteiger partial charge < -0.3 is 5.32 Å². The van der Waals surface area contributed by atoms with Crippen molar-refractivity contribution in [1.29, 1.82) is 0 Å². The summed E-state index contributed by atoms with van der Waals surface area (Å²) in [5.74, 6) is 0.129. The van der Waals surface area contributed by atoms with Gasteiger partial charge in [-0.15, -0.1) is 0 Å². The van der Waals surface area contributed by atoms with E-state index < -0.39 is 5.67 Å². The molecular formula is C12H19FN2O. The van der Waals surface area contributed by atoms with Gasteiger partial charge in [-0.2, -0.15) is 0 Å². The van der Waals surface area contributed by atoms with Gasteiger partial charge in [0.1, 0.15) is 5.67 Å². The molecule has 0 spiro atoms. The highest BCUT2D eigenvalue weighted by atomic mass is 19.1. The van der Waals surface area contributed by atoms with E-state index in [1.807, 2.05) is 4.90 Å². The Labute approximate surface area is 95.4 Å². The highest BCUT2D eigenvalue weighted by Gasteiger charge is 2.47. The summed E-state index contributed by atoms with van der Waals surface area (Å²) < 4.78 is 13.7. The number of carbonyl (C=O) groups excluding carboxylic acids is 1. The largest absolute Gasteiger partial charge is 0.352 e. The Morgan fingerprint density at radius 3 is 2.75 bits per heavy atom. The molecule has 4 heteroatoms. The van der Waals surface area contributed by atoms with Gasteiger partial charge in [-0.25, -0.2) is 4.39 Å². The van der Waals surface area contributed by atoms with Crippen molar-refractivity contribution in [2.24, 2.45) is 0 Å². The maximum absolute atomic E-state index is 13.7. The van der Waals surface area contributed by atoms with E-state index in [4.69, 9.17) is 0 Å². The molecule has 1 heterocycles. The van der Waals surface area contributed by atoms with Gasteiger partial charge in [0.15, 0.2) is 0 Å². The monoisotopic (exact) mass is 226 g/mol. The van der Waals surface area contributed by atoms with Crippen LogP contribution in [0.25, 0.3) is 0 Å². The lowest BCUT2D eigenvalue weighted by Gasteiger charge is -2.25. The molecule has 0 aromatic rings. The minimum absolute atomic E-state index is 0.0613. The molecule has 3 aliphatic rings. The number of hydrogen-bond acceptors (Lipinski definition) is 2. The van der Waals surface area contributed by atoms with Crippen LogP contribution in [0.15, 0.2) is 0 Å². The summed E-state index contributed by atoms with van der Waals surface area (Å²) in [4.78, 5) is 14.0. The molecule has 3 nitrogen and oxygen atoms in total. The predicted molar refractivity (Wildman–Crippen MR) is 58.8 cm³/mol. The van der Waals surface area contributed by atoms with Crippen LogP contribution in [0.5, 0.6) is 0 Å². The number of hydrogen-bond donors (Lipinski definition) is 1. The third-order valence-corrected chi connectivity index (χ3v) is 3.87. The molecule has 1 atom stereocenters. The Balaban J connectivity index is 1.56. The van der Waals surface area contributed by atoms with Crippen LogP contribution in [0.4, 0.5) is 4.39 Å². The van der Waals surface area contributed by atoms with E-state index in [0.29, 0.717) is 25.4 Å². The highest BCUT2D eigenvalue weighted by molar-refractivity contribution is 5.82. The minimum atomic E-state index is -0.970. The summed E-state index contributed by atoms with van der Waals surface area (Å²) in [6, 6.07) is 0.351. The number of rotatable bonds is 4. The van der Waals surface area contributed by atoms with Crippen molar-refractivity contribution in [1.82, 2.24) is 10.2 Å². The molecular weight excluding hydrogens is 207 g/mol. The van der Waals surface area contributed by atoms with Gasteiger partial charge in [-0.3, -0.25) is 9.69 Å². The van der Waals surface area contributed by atoms with E-state index in [1.165, 1.54) is 0 Å². The molecule has 1 saturated heterocycles. The maximum Gasteiger partial charge on any atom is 0.237 e. The maximum atomic E-state index is 13.7. The fraction of sp³-hybridized carbons (Fsp3) is 0.917. The lowest BCUT2D eigenvalue weighted by atomic mass is 10.2. The molecule has 3 rings (SSSR count). The Kier molecular flexibility index (Phi) is 2.42. The normalized spacial score (nSPS) is 32.7. The Bertz CT molecular complexity index is 299. The van der Waals surface area contributed by atoms with Crippen LogP contribution < -0.4 is 5.32 Å². The third-order valence-electron chi connectivity index (χ3n) is 3.87. The van der Waals surface area contributed by atoms with Crippen molar-refractivity contribution in [3.05, 3.63) is 0 Å². The fourth-order valence-corrected chi connectivity index (χ4v) is 2.50. The number of carbonyl (C=O) groups is 1. The molecule has 90 valence electrons. The fourth-order valence-electron chi connectivity index (χ4n) is 2.50. The second kappa shape index (κ2) is 3.69. The molecule has 0 aromatic carbocycles. The summed E-state index contributed by atoms with van der Waals surface area (Å²) in [5, 5.41) is 3.03. The zero-order valence-electron chi connectivity index (χ0n) is 9.54. The van der Waals surface area contributed by atoms with Crippen LogP contribution in [0, 0.1) is 0 Å². The molecule has 0 bridgehead atoms. The first-order valence-corrected chi connectivity index (χ1v) is 6.40. The third kappa shape index (κ3) is 2.21. The topological polar surface area (TPSA) is 32.3 Å². The van der Waals surface area contributed by atoms with E-state index in [2.05, 4.69) is 5.32 Å². The second-order valence-corrected chi connectivity index (χ2v) is 5.56. The molecule has 3 fully saturated rings. The van der Waals surface area contributed by atoms with Crippen LogP contribution in [0.3, 0.4) is 0 Å². The van der Waals surface area contributed by atoms with Gasteiger partial charge in [-0.05, 0) is 45.1 Å². The minimum Gasteiger partial charge on any atom is -0.352 e. The van der Waals surface area contributed by atoms with E-state index in [1.54, 1.807) is 0 Å². The van der Waals surface area contributed by atoms with Crippen LogP contribution in [0.1, 0.15) is 38.5 Å². The molecule has 1 aliphatic heterocycles. The van der Waals surface area contributed by atoms with Crippen molar-refractivity contribution in [3.63, 3.8) is 0 Å². The Morgan fingerprint density at radius 1 is 1.38 bits per heavy atom. The van der Waals surface area contributed by atoms with E-state index in [-0.39, 0.29) is 11.9 Å². The zero-order valence-corrected chi connectivity index (χ0v) is 9.54. The van der Waals surface area contributed by atoms with Crippen LogP contribution in [0.2, 0.25) is 0 Å². The van der Waals surface area contributed by atoms with Crippen molar-refractivity contribution in [2.45, 2.75) is 56.3 Å². The summed E-state index contributed by atoms with van der Waals surface area (Å²) in [5.41, 5.74) is -0.970. The SMILES string of the molecule is O=C(NC1CC1)C1CCCN1CC1(F)CC1. The number of alkyl halides is 1. The second-order valence-electron chi connectivity index (χ2n) is 5.56. The Hall–Kier alpha value is -0.640. The molecule has 16 heavy (non-hydrogen) atoms. The molecule has 0 aromatic heterocycles. The summed E-state index contributed by atoms with van der Waals surface area (Å²) >= 11 is 0. The van der Waals surface area contributed by atoms with Crippen molar-refractivity contribution in [3.8, 4) is 0 Å². The van der Waals surface area contributed by atoms with Gasteiger partial charge in [0.25, 0.3) is 0 Å². The van der Waals surface area contributed by atoms with E-state index in [9.17, 15) is 9.18 Å². The molecule has 2 aliphatic carbocycles. The van der Waals surface area contributed by atoms with Crippen LogP contribution in [-0.2, 0) is 4.79 Å². The van der Waals surface area contributed by atoms with Crippen molar-refractivity contribution >= 4 is 5.91 Å². The lowest BCUT2D eigenvalue weighted by molar-refractivity contribution is -0.125. The number of nitrogens with one attached hydrogen (secondary N) is 1. The standard InChI is InChI=1S/C12H19FN2O/c13-12(5-6-12)8-15-7-1-2-10(15)11(16)14-9-3-4-9/h9-10H,1-8H2,(H,14,16). The average molecular weight is 226 g/mol. The van der Waals surface area contributed by atoms with Gasteiger partial charge in [0.05, 0.1) is 6.04 Å². The lowest BCUT2D eigenvalue weighted by Crippen LogP contribution is -2.46. The van der Waals surface area contributed by atoms with Gasteiger partial charge in [0.2, 0.25) is 5.91 Å². The number of amides is 1. The summed E-state index contributed by atoms with van der Waals surface area (Å²) in [6.07, 6.45) is 5.52.